The Morgan fingerprint density at radius 3 is 0.809 bits per heavy atom. The summed E-state index contributed by atoms with van der Waals surface area (Å²) in [5.41, 5.74) is 0. The van der Waals surface area contributed by atoms with Gasteiger partial charge in [0, 0.05) is 25.7 Å². The molecule has 558 valence electrons. The maximum atomic E-state index is 13.1. The third kappa shape index (κ3) is 66.0. The number of unbranched alkanes of at least 4 members (excludes halogenated alkanes) is 39. The Morgan fingerprint density at radius 2 is 0.543 bits per heavy atom. The zero-order valence-electron chi connectivity index (χ0n) is 61.4. The van der Waals surface area contributed by atoms with E-state index in [1.165, 1.54) is 186 Å². The maximum absolute atomic E-state index is 13.1. The second-order valence-electron chi connectivity index (χ2n) is 28.0. The van der Waals surface area contributed by atoms with E-state index in [4.69, 9.17) is 37.0 Å². The van der Waals surface area contributed by atoms with Gasteiger partial charge in [-0.2, -0.15) is 0 Å². The van der Waals surface area contributed by atoms with Crippen LogP contribution in [0.25, 0.3) is 0 Å². The third-order valence-corrected chi connectivity index (χ3v) is 20.0. The average molecular weight is 1380 g/mol. The number of ether oxygens (including phenoxy) is 4. The van der Waals surface area contributed by atoms with Crippen LogP contribution < -0.4 is 0 Å². The van der Waals surface area contributed by atoms with Crippen molar-refractivity contribution in [2.45, 2.75) is 401 Å². The summed E-state index contributed by atoms with van der Waals surface area (Å²) < 4.78 is 68.4. The fraction of sp³-hybridized carbons (Fsp3) is 0.947. The minimum Gasteiger partial charge on any atom is -0.462 e. The van der Waals surface area contributed by atoms with Crippen LogP contribution in [0.1, 0.15) is 382 Å². The van der Waals surface area contributed by atoms with Crippen LogP contribution in [0.3, 0.4) is 0 Å². The van der Waals surface area contributed by atoms with Crippen molar-refractivity contribution in [2.75, 3.05) is 39.6 Å². The molecular formula is C75H146O17P2. The van der Waals surface area contributed by atoms with Gasteiger partial charge in [-0.25, -0.2) is 9.13 Å². The van der Waals surface area contributed by atoms with Gasteiger partial charge in [0.1, 0.15) is 19.3 Å². The molecule has 0 fully saturated rings. The molecule has 0 saturated carbocycles. The number of hydrogen-bond acceptors (Lipinski definition) is 15. The van der Waals surface area contributed by atoms with Gasteiger partial charge in [0.2, 0.25) is 0 Å². The number of phosphoric acid groups is 2. The zero-order chi connectivity index (χ0) is 69.4. The van der Waals surface area contributed by atoms with Gasteiger partial charge < -0.3 is 33.8 Å². The SMILES string of the molecule is CCCCCCCCCCCCCCCCCCCCCCCC(=O)O[C@H](COC(=O)CCCCCCCCCCCCC(C)C)COP(=O)(O)OC[C@@H](O)COP(=O)(O)OC[C@@H](COC(=O)CCCCCCCCC(C)CC)OC(=O)CCCCCCCCC(C)CC. The third-order valence-electron chi connectivity index (χ3n) is 18.1. The van der Waals surface area contributed by atoms with Crippen molar-refractivity contribution in [3.8, 4) is 0 Å². The van der Waals surface area contributed by atoms with Crippen molar-refractivity contribution in [2.24, 2.45) is 17.8 Å². The van der Waals surface area contributed by atoms with Crippen LogP contribution in [0.15, 0.2) is 0 Å². The molecule has 0 aliphatic heterocycles. The Bertz CT molecular complexity index is 1840. The van der Waals surface area contributed by atoms with Gasteiger partial charge in [0.05, 0.1) is 26.4 Å². The first-order valence-corrected chi connectivity index (χ1v) is 41.9. The van der Waals surface area contributed by atoms with Gasteiger partial charge in [0.15, 0.2) is 12.2 Å². The Labute approximate surface area is 575 Å². The Balaban J connectivity index is 5.20. The topological polar surface area (TPSA) is 237 Å². The van der Waals surface area contributed by atoms with Gasteiger partial charge in [-0.05, 0) is 43.4 Å². The minimum atomic E-state index is -4.96. The lowest BCUT2D eigenvalue weighted by atomic mass is 10.00. The number of aliphatic hydroxyl groups excluding tert-OH is 1. The summed E-state index contributed by atoms with van der Waals surface area (Å²) in [6, 6.07) is 0. The molecule has 4 unspecified atom stereocenters. The fourth-order valence-corrected chi connectivity index (χ4v) is 12.9. The predicted octanol–water partition coefficient (Wildman–Crippen LogP) is 21.8. The molecule has 0 aliphatic rings. The molecule has 7 atom stereocenters. The molecule has 0 aliphatic carbocycles. The molecule has 0 aromatic carbocycles. The lowest BCUT2D eigenvalue weighted by Crippen LogP contribution is -2.30. The highest BCUT2D eigenvalue weighted by Crippen LogP contribution is 2.45. The van der Waals surface area contributed by atoms with Gasteiger partial charge in [-0.1, -0.05) is 331 Å². The van der Waals surface area contributed by atoms with Crippen LogP contribution in [-0.4, -0.2) is 96.7 Å². The van der Waals surface area contributed by atoms with Crippen molar-refractivity contribution in [1.82, 2.24) is 0 Å². The highest BCUT2D eigenvalue weighted by Gasteiger charge is 2.30. The summed E-state index contributed by atoms with van der Waals surface area (Å²) >= 11 is 0. The molecule has 0 aromatic rings. The quantitative estimate of drug-likeness (QED) is 0.0222. The summed E-state index contributed by atoms with van der Waals surface area (Å²) in [6.07, 6.45) is 51.6. The van der Waals surface area contributed by atoms with Crippen molar-refractivity contribution in [3.63, 3.8) is 0 Å². The molecule has 0 saturated heterocycles. The standard InChI is InChI=1S/C75H146O17P2/c1-8-11-12-13-14-15-16-17-18-19-20-21-22-23-24-25-26-31-34-44-51-58-74(79)91-70(62-85-72(77)56-49-42-33-30-28-27-29-32-39-46-53-66(4)5)64-89-93(81,82)87-60-69(76)61-88-94(83,84)90-65-71(92-75(80)59-52-45-38-36-41-48-55-68(7)10-3)63-86-73(78)57-50-43-37-35-40-47-54-67(6)9-2/h66-71,76H,8-65H2,1-7H3,(H,81,82)(H,83,84)/t67?,68?,69-,70-,71-/m1/s1. The molecule has 0 amide bonds. The first-order valence-electron chi connectivity index (χ1n) is 38.9. The predicted molar refractivity (Wildman–Crippen MR) is 381 cm³/mol. The van der Waals surface area contributed by atoms with Crippen LogP contribution >= 0.6 is 15.6 Å². The molecule has 17 nitrogen and oxygen atoms in total. The van der Waals surface area contributed by atoms with Gasteiger partial charge >= 0.3 is 39.5 Å². The number of phosphoric ester groups is 2. The molecule has 0 heterocycles. The summed E-state index contributed by atoms with van der Waals surface area (Å²) in [6.45, 7) is 11.8. The number of aliphatic hydroxyl groups is 1. The van der Waals surface area contributed by atoms with Gasteiger partial charge in [-0.3, -0.25) is 37.3 Å². The van der Waals surface area contributed by atoms with Crippen molar-refractivity contribution in [3.05, 3.63) is 0 Å². The summed E-state index contributed by atoms with van der Waals surface area (Å²) in [5.74, 6) is 0.0839. The molecule has 0 rings (SSSR count). The first-order chi connectivity index (χ1) is 45.3. The average Bonchev–Trinajstić information content (AvgIpc) is 1.34. The number of carbonyl (C=O) groups is 4. The number of rotatable bonds is 73. The van der Waals surface area contributed by atoms with Crippen LogP contribution in [0, 0.1) is 17.8 Å². The number of carbonyl (C=O) groups excluding carboxylic acids is 4. The molecule has 19 heteroatoms. The van der Waals surface area contributed by atoms with Crippen molar-refractivity contribution < 1.29 is 80.2 Å². The molecule has 0 bridgehead atoms. The van der Waals surface area contributed by atoms with E-state index in [0.717, 1.165) is 114 Å². The fourth-order valence-electron chi connectivity index (χ4n) is 11.4. The maximum Gasteiger partial charge on any atom is 0.472 e. The Hall–Kier alpha value is -1.94. The zero-order valence-corrected chi connectivity index (χ0v) is 63.2. The van der Waals surface area contributed by atoms with E-state index in [0.29, 0.717) is 25.7 Å². The smallest absolute Gasteiger partial charge is 0.462 e. The lowest BCUT2D eigenvalue weighted by molar-refractivity contribution is -0.161. The second-order valence-corrected chi connectivity index (χ2v) is 30.9. The molecular weight excluding hydrogens is 1230 g/mol. The number of esters is 4. The van der Waals surface area contributed by atoms with Crippen LogP contribution in [-0.2, 0) is 65.4 Å². The summed E-state index contributed by atoms with van der Waals surface area (Å²) in [7, 11) is -9.91. The van der Waals surface area contributed by atoms with E-state index >= 15 is 0 Å². The normalized spacial score (nSPS) is 14.7. The number of hydrogen-bond donors (Lipinski definition) is 3. The Kier molecular flexibility index (Phi) is 64.3. The minimum absolute atomic E-state index is 0.102. The van der Waals surface area contributed by atoms with Crippen molar-refractivity contribution in [1.29, 1.82) is 0 Å². The largest absolute Gasteiger partial charge is 0.472 e. The first kappa shape index (κ1) is 92.1. The van der Waals surface area contributed by atoms with E-state index in [1.807, 2.05) is 0 Å². The lowest BCUT2D eigenvalue weighted by Gasteiger charge is -2.21. The second kappa shape index (κ2) is 65.7. The summed E-state index contributed by atoms with van der Waals surface area (Å²) in [4.78, 5) is 72.7. The molecule has 94 heavy (non-hydrogen) atoms. The van der Waals surface area contributed by atoms with E-state index in [9.17, 15) is 43.2 Å². The highest BCUT2D eigenvalue weighted by molar-refractivity contribution is 7.47. The summed E-state index contributed by atoms with van der Waals surface area (Å²) in [5, 5.41) is 10.6. The molecule has 0 radical (unpaired) electrons. The van der Waals surface area contributed by atoms with Crippen molar-refractivity contribution >= 4 is 39.5 Å². The van der Waals surface area contributed by atoms with Crippen LogP contribution in [0.4, 0.5) is 0 Å². The highest BCUT2D eigenvalue weighted by atomic mass is 31.2. The van der Waals surface area contributed by atoms with E-state index < -0.39 is 97.5 Å². The van der Waals surface area contributed by atoms with Gasteiger partial charge in [-0.15, -0.1) is 0 Å². The van der Waals surface area contributed by atoms with E-state index in [2.05, 4.69) is 48.5 Å². The van der Waals surface area contributed by atoms with Crippen LogP contribution in [0.2, 0.25) is 0 Å². The van der Waals surface area contributed by atoms with Gasteiger partial charge in [0.25, 0.3) is 0 Å². The Morgan fingerprint density at radius 1 is 0.309 bits per heavy atom. The molecule has 0 aromatic heterocycles. The molecule has 3 N–H and O–H groups in total. The van der Waals surface area contributed by atoms with E-state index in [-0.39, 0.29) is 25.7 Å². The van der Waals surface area contributed by atoms with Crippen LogP contribution in [0.5, 0.6) is 0 Å². The molecule has 0 spiro atoms. The monoisotopic (exact) mass is 1380 g/mol. The van der Waals surface area contributed by atoms with E-state index in [1.54, 1.807) is 0 Å².